The van der Waals surface area contributed by atoms with Gasteiger partial charge in [-0.15, -0.1) is 0 Å². The van der Waals surface area contributed by atoms with Gasteiger partial charge in [-0.1, -0.05) is 13.8 Å². The van der Waals surface area contributed by atoms with E-state index in [9.17, 15) is 13.2 Å². The third-order valence-corrected chi connectivity index (χ3v) is 9.92. The molecule has 2 N–H and O–H groups in total. The molecule has 0 aliphatic heterocycles. The Morgan fingerprint density at radius 2 is 1.63 bits per heavy atom. The normalized spacial score (nSPS) is 49.8. The van der Waals surface area contributed by atoms with Crippen LogP contribution in [-0.4, -0.2) is 20.3 Å². The first-order chi connectivity index (χ1) is 12.5. The summed E-state index contributed by atoms with van der Waals surface area (Å²) < 4.78 is 27.8. The van der Waals surface area contributed by atoms with Crippen LogP contribution in [0.1, 0.15) is 78.6 Å². The van der Waals surface area contributed by atoms with Gasteiger partial charge >= 0.3 is 10.3 Å². The van der Waals surface area contributed by atoms with Crippen LogP contribution in [0.3, 0.4) is 0 Å². The predicted octanol–water partition coefficient (Wildman–Crippen LogP) is 3.82. The zero-order valence-corrected chi connectivity index (χ0v) is 17.8. The summed E-state index contributed by atoms with van der Waals surface area (Å²) in [5, 5.41) is 5.11. The fraction of sp³-hybridized carbons (Fsp3) is 0.952. The summed E-state index contributed by atoms with van der Waals surface area (Å²) in [5.41, 5.74) is 0.473. The SMILES string of the molecule is CC(=O)[C@H]1CC[C@H]2[C@@H]3CC[C@@H]4C[C@H](OS(N)(=O)=O)CC[C@]4(C)[C@H]3CC[C@]12C. The van der Waals surface area contributed by atoms with Crippen molar-refractivity contribution >= 4 is 16.1 Å². The molecular weight excluding hydrogens is 362 g/mol. The molecule has 0 aromatic carbocycles. The van der Waals surface area contributed by atoms with Gasteiger partial charge in [-0.05, 0) is 99.2 Å². The average Bonchev–Trinajstić information content (AvgIpc) is 2.91. The Labute approximate surface area is 164 Å². The van der Waals surface area contributed by atoms with Crippen molar-refractivity contribution in [3.05, 3.63) is 0 Å². The molecule has 27 heavy (non-hydrogen) atoms. The molecule has 5 nitrogen and oxygen atoms in total. The first-order valence-electron chi connectivity index (χ1n) is 10.8. The Bertz CT molecular complexity index is 722. The number of carbonyl (C=O) groups excluding carboxylic acids is 1. The van der Waals surface area contributed by atoms with Gasteiger partial charge in [-0.25, -0.2) is 5.14 Å². The Hall–Kier alpha value is -0.460. The molecule has 4 fully saturated rings. The summed E-state index contributed by atoms with van der Waals surface area (Å²) in [6.07, 6.45) is 9.41. The van der Waals surface area contributed by atoms with Crippen LogP contribution in [0, 0.1) is 40.4 Å². The van der Waals surface area contributed by atoms with Crippen LogP contribution < -0.4 is 5.14 Å². The zero-order chi connectivity index (χ0) is 19.6. The lowest BCUT2D eigenvalue weighted by molar-refractivity contribution is -0.137. The summed E-state index contributed by atoms with van der Waals surface area (Å²) >= 11 is 0. The number of hydrogen-bond acceptors (Lipinski definition) is 4. The number of nitrogens with two attached hydrogens (primary N) is 1. The molecule has 4 rings (SSSR count). The summed E-state index contributed by atoms with van der Waals surface area (Å²) in [4.78, 5) is 12.2. The quantitative estimate of drug-likeness (QED) is 0.784. The van der Waals surface area contributed by atoms with Crippen molar-refractivity contribution < 1.29 is 17.4 Å². The van der Waals surface area contributed by atoms with Crippen molar-refractivity contribution in [2.24, 2.45) is 45.6 Å². The van der Waals surface area contributed by atoms with Gasteiger partial charge in [0.05, 0.1) is 6.10 Å². The first kappa shape index (κ1) is 19.8. The molecule has 154 valence electrons. The highest BCUT2D eigenvalue weighted by atomic mass is 32.2. The van der Waals surface area contributed by atoms with E-state index in [0.29, 0.717) is 23.5 Å². The molecule has 4 aliphatic rings. The van der Waals surface area contributed by atoms with Crippen LogP contribution in [0.25, 0.3) is 0 Å². The van der Waals surface area contributed by atoms with Crippen molar-refractivity contribution in [2.45, 2.75) is 84.7 Å². The average molecular weight is 398 g/mol. The maximum Gasteiger partial charge on any atom is 0.333 e. The second-order valence-electron chi connectivity index (χ2n) is 10.4. The van der Waals surface area contributed by atoms with Crippen molar-refractivity contribution in [3.63, 3.8) is 0 Å². The van der Waals surface area contributed by atoms with Gasteiger partial charge in [0.25, 0.3) is 0 Å². The lowest BCUT2D eigenvalue weighted by Gasteiger charge is -2.61. The number of ketones is 1. The molecule has 0 heterocycles. The number of carbonyl (C=O) groups is 1. The van der Waals surface area contributed by atoms with Gasteiger partial charge in [0, 0.05) is 5.92 Å². The third kappa shape index (κ3) is 3.20. The summed E-state index contributed by atoms with van der Waals surface area (Å²) in [6.45, 7) is 6.62. The number of rotatable bonds is 3. The van der Waals surface area contributed by atoms with Crippen LogP contribution >= 0.6 is 0 Å². The van der Waals surface area contributed by atoms with E-state index < -0.39 is 10.3 Å². The molecule has 0 spiro atoms. The predicted molar refractivity (Wildman–Crippen MR) is 104 cm³/mol. The third-order valence-electron chi connectivity index (χ3n) is 9.38. The first-order valence-corrected chi connectivity index (χ1v) is 12.2. The maximum atomic E-state index is 12.2. The minimum absolute atomic E-state index is 0.199. The largest absolute Gasteiger partial charge is 0.333 e. The fourth-order valence-electron chi connectivity index (χ4n) is 8.16. The van der Waals surface area contributed by atoms with E-state index in [-0.39, 0.29) is 22.9 Å². The van der Waals surface area contributed by atoms with Crippen LogP contribution in [0.2, 0.25) is 0 Å². The Morgan fingerprint density at radius 3 is 2.30 bits per heavy atom. The second kappa shape index (κ2) is 6.53. The van der Waals surface area contributed by atoms with Gasteiger partial charge in [0.15, 0.2) is 0 Å². The molecule has 0 bridgehead atoms. The van der Waals surface area contributed by atoms with Gasteiger partial charge in [0.2, 0.25) is 0 Å². The highest BCUT2D eigenvalue weighted by molar-refractivity contribution is 7.84. The molecule has 0 radical (unpaired) electrons. The Kier molecular flexibility index (Phi) is 4.80. The molecule has 4 aliphatic carbocycles. The van der Waals surface area contributed by atoms with Crippen molar-refractivity contribution in [1.82, 2.24) is 0 Å². The molecule has 6 heteroatoms. The molecule has 0 unspecified atom stereocenters. The van der Waals surface area contributed by atoms with Crippen LogP contribution in [0.5, 0.6) is 0 Å². The van der Waals surface area contributed by atoms with Crippen LogP contribution in [-0.2, 0) is 19.3 Å². The van der Waals surface area contributed by atoms with E-state index >= 15 is 0 Å². The smallest absolute Gasteiger partial charge is 0.300 e. The lowest BCUT2D eigenvalue weighted by Crippen LogP contribution is -2.54. The molecule has 0 aromatic heterocycles. The van der Waals surface area contributed by atoms with E-state index in [4.69, 9.17) is 9.32 Å². The highest BCUT2D eigenvalue weighted by Crippen LogP contribution is 2.67. The standard InChI is InChI=1S/C21H35NO4S/c1-13(23)17-6-7-18-16-5-4-14-12-15(26-27(22,24)25)8-10-20(14,2)19(16)9-11-21(17,18)3/h14-19H,4-12H2,1-3H3,(H2,22,24,25)/t14-,15-,16+,17-,18+,19+,20+,21-/m1/s1. The highest BCUT2D eigenvalue weighted by Gasteiger charge is 2.60. The molecule has 0 aromatic rings. The zero-order valence-electron chi connectivity index (χ0n) is 16.9. The Morgan fingerprint density at radius 1 is 0.963 bits per heavy atom. The molecule has 0 amide bonds. The topological polar surface area (TPSA) is 86.5 Å². The Balaban J connectivity index is 1.53. The van der Waals surface area contributed by atoms with Gasteiger partial charge < -0.3 is 0 Å². The van der Waals surface area contributed by atoms with E-state index in [1.165, 1.54) is 25.7 Å². The van der Waals surface area contributed by atoms with Crippen LogP contribution in [0.15, 0.2) is 0 Å². The number of Topliss-reactive ketones (excluding diaryl/α,β-unsaturated/α-hetero) is 1. The van der Waals surface area contributed by atoms with Crippen LogP contribution in [0.4, 0.5) is 0 Å². The minimum Gasteiger partial charge on any atom is -0.300 e. The number of hydrogen-bond donors (Lipinski definition) is 1. The maximum absolute atomic E-state index is 12.2. The van der Waals surface area contributed by atoms with E-state index in [2.05, 4.69) is 13.8 Å². The van der Waals surface area contributed by atoms with E-state index in [0.717, 1.165) is 38.0 Å². The van der Waals surface area contributed by atoms with E-state index in [1.54, 1.807) is 6.92 Å². The van der Waals surface area contributed by atoms with Crippen molar-refractivity contribution in [3.8, 4) is 0 Å². The second-order valence-corrected chi connectivity index (χ2v) is 11.6. The number of fused-ring (bicyclic) bond motifs is 5. The lowest BCUT2D eigenvalue weighted by atomic mass is 9.44. The summed E-state index contributed by atoms with van der Waals surface area (Å²) in [6, 6.07) is 0. The summed E-state index contributed by atoms with van der Waals surface area (Å²) in [7, 11) is -3.87. The molecule has 4 saturated carbocycles. The van der Waals surface area contributed by atoms with E-state index in [1.807, 2.05) is 0 Å². The molecule has 0 saturated heterocycles. The molecular formula is C21H35NO4S. The minimum atomic E-state index is -3.87. The summed E-state index contributed by atoms with van der Waals surface area (Å²) in [5.74, 6) is 3.28. The molecule has 8 atom stereocenters. The van der Waals surface area contributed by atoms with Gasteiger partial charge in [-0.3, -0.25) is 8.98 Å². The van der Waals surface area contributed by atoms with Gasteiger partial charge in [-0.2, -0.15) is 8.42 Å². The van der Waals surface area contributed by atoms with Crippen molar-refractivity contribution in [1.29, 1.82) is 0 Å². The van der Waals surface area contributed by atoms with Gasteiger partial charge in [0.1, 0.15) is 5.78 Å². The van der Waals surface area contributed by atoms with Crippen molar-refractivity contribution in [2.75, 3.05) is 0 Å². The monoisotopic (exact) mass is 397 g/mol. The fourth-order valence-corrected chi connectivity index (χ4v) is 8.72.